The number of nitrogens with zero attached hydrogens (tertiary/aromatic N) is 3. The van der Waals surface area contributed by atoms with Gasteiger partial charge in [-0.15, -0.1) is 0 Å². The molecule has 3 aromatic rings. The molecule has 8 heteroatoms. The summed E-state index contributed by atoms with van der Waals surface area (Å²) in [5.41, 5.74) is 4.09. The summed E-state index contributed by atoms with van der Waals surface area (Å²) in [6.07, 6.45) is 1.58. The molecule has 1 atom stereocenters. The number of aryl methyl sites for hydroxylation is 1. The minimum atomic E-state index is -3.58. The van der Waals surface area contributed by atoms with Crippen LogP contribution in [0, 0.1) is 6.92 Å². The van der Waals surface area contributed by atoms with E-state index < -0.39 is 16.1 Å². The van der Waals surface area contributed by atoms with E-state index in [9.17, 15) is 8.42 Å². The standard InChI is InChI=1S/C20H17BrClN3O2S/c1-12-3-4-14-10-16(20(22)23-17(14)9-12)19-11-18(24-25(19)28(2,26)27)13-5-7-15(21)8-6-13/h3-10,19H,11H2,1-2H3. The molecule has 144 valence electrons. The summed E-state index contributed by atoms with van der Waals surface area (Å²) in [6, 6.07) is 14.9. The van der Waals surface area contributed by atoms with Gasteiger partial charge in [0.05, 0.1) is 23.5 Å². The van der Waals surface area contributed by atoms with Crippen molar-refractivity contribution in [3.05, 3.63) is 74.8 Å². The third-order valence-electron chi connectivity index (χ3n) is 4.70. The number of hydrogen-bond donors (Lipinski definition) is 0. The average Bonchev–Trinajstić information content (AvgIpc) is 3.07. The van der Waals surface area contributed by atoms with E-state index in [0.717, 1.165) is 37.2 Å². The third kappa shape index (κ3) is 3.66. The summed E-state index contributed by atoms with van der Waals surface area (Å²) in [5.74, 6) is 0. The maximum atomic E-state index is 12.4. The van der Waals surface area contributed by atoms with E-state index in [4.69, 9.17) is 11.6 Å². The molecule has 0 spiro atoms. The normalized spacial score (nSPS) is 17.2. The van der Waals surface area contributed by atoms with E-state index in [1.807, 2.05) is 55.5 Å². The van der Waals surface area contributed by atoms with E-state index in [-0.39, 0.29) is 0 Å². The molecule has 2 heterocycles. The molecule has 1 aliphatic rings. The van der Waals surface area contributed by atoms with Crippen LogP contribution in [-0.4, -0.2) is 29.8 Å². The van der Waals surface area contributed by atoms with Crippen molar-refractivity contribution in [2.24, 2.45) is 5.10 Å². The molecular weight excluding hydrogens is 462 g/mol. The lowest BCUT2D eigenvalue weighted by molar-refractivity contribution is 0.374. The van der Waals surface area contributed by atoms with Gasteiger partial charge in [0.15, 0.2) is 0 Å². The number of hydrogen-bond acceptors (Lipinski definition) is 4. The van der Waals surface area contributed by atoms with E-state index in [1.54, 1.807) is 0 Å². The smallest absolute Gasteiger partial charge is 0.236 e. The second kappa shape index (κ2) is 7.13. The van der Waals surface area contributed by atoms with Crippen molar-refractivity contribution >= 4 is 54.2 Å². The zero-order valence-corrected chi connectivity index (χ0v) is 18.4. The van der Waals surface area contributed by atoms with Crippen molar-refractivity contribution in [3.63, 3.8) is 0 Å². The minimum Gasteiger partial charge on any atom is -0.236 e. The number of sulfonamides is 1. The SMILES string of the molecule is Cc1ccc2cc(C3CC(c4ccc(Br)cc4)=NN3S(C)(=O)=O)c(Cl)nc2c1. The minimum absolute atomic E-state index is 0.295. The highest BCUT2D eigenvalue weighted by atomic mass is 79.9. The number of pyridine rings is 1. The number of rotatable bonds is 3. The molecule has 4 rings (SSSR count). The second-order valence-electron chi connectivity index (χ2n) is 6.87. The Morgan fingerprint density at radius 3 is 2.54 bits per heavy atom. The van der Waals surface area contributed by atoms with Crippen LogP contribution in [0.25, 0.3) is 10.9 Å². The maximum Gasteiger partial charge on any atom is 0.247 e. The first kappa shape index (κ1) is 19.4. The van der Waals surface area contributed by atoms with Gasteiger partial charge < -0.3 is 0 Å². The molecule has 28 heavy (non-hydrogen) atoms. The van der Waals surface area contributed by atoms with Gasteiger partial charge in [-0.1, -0.05) is 51.8 Å². The van der Waals surface area contributed by atoms with Gasteiger partial charge in [-0.05, 0) is 42.3 Å². The lowest BCUT2D eigenvalue weighted by Gasteiger charge is -2.22. The molecule has 0 radical (unpaired) electrons. The maximum absolute atomic E-state index is 12.4. The summed E-state index contributed by atoms with van der Waals surface area (Å²) in [6.45, 7) is 1.99. The first-order chi connectivity index (χ1) is 13.2. The van der Waals surface area contributed by atoms with Crippen LogP contribution in [0.1, 0.15) is 29.2 Å². The van der Waals surface area contributed by atoms with Gasteiger partial charge in [-0.25, -0.2) is 13.4 Å². The molecule has 5 nitrogen and oxygen atoms in total. The van der Waals surface area contributed by atoms with Crippen LogP contribution in [-0.2, 0) is 10.0 Å². The Labute approximate surface area is 177 Å². The van der Waals surface area contributed by atoms with Crippen LogP contribution < -0.4 is 0 Å². The first-order valence-corrected chi connectivity index (χ1v) is 11.6. The molecule has 2 aromatic carbocycles. The fraction of sp³-hybridized carbons (Fsp3) is 0.200. The second-order valence-corrected chi connectivity index (χ2v) is 9.99. The van der Waals surface area contributed by atoms with Gasteiger partial charge >= 0.3 is 0 Å². The Morgan fingerprint density at radius 1 is 1.14 bits per heavy atom. The lowest BCUT2D eigenvalue weighted by atomic mass is 9.99. The Morgan fingerprint density at radius 2 is 1.86 bits per heavy atom. The largest absolute Gasteiger partial charge is 0.247 e. The zero-order chi connectivity index (χ0) is 20.1. The predicted molar refractivity (Wildman–Crippen MR) is 116 cm³/mol. The zero-order valence-electron chi connectivity index (χ0n) is 15.2. The Bertz CT molecular complexity index is 1210. The molecule has 0 fully saturated rings. The number of fused-ring (bicyclic) bond motifs is 1. The summed E-state index contributed by atoms with van der Waals surface area (Å²) in [5, 5.41) is 5.62. The van der Waals surface area contributed by atoms with Gasteiger partial charge in [-0.2, -0.15) is 9.52 Å². The van der Waals surface area contributed by atoms with Crippen molar-refractivity contribution in [3.8, 4) is 0 Å². The highest BCUT2D eigenvalue weighted by Gasteiger charge is 2.36. The van der Waals surface area contributed by atoms with Crippen LogP contribution >= 0.6 is 27.5 Å². The molecule has 1 aromatic heterocycles. The predicted octanol–water partition coefficient (Wildman–Crippen LogP) is 5.07. The average molecular weight is 479 g/mol. The third-order valence-corrected chi connectivity index (χ3v) is 6.55. The van der Waals surface area contributed by atoms with Crippen LogP contribution in [0.4, 0.5) is 0 Å². The van der Waals surface area contributed by atoms with Crippen molar-refractivity contribution < 1.29 is 8.42 Å². The first-order valence-electron chi connectivity index (χ1n) is 8.62. The molecular formula is C20H17BrClN3O2S. The van der Waals surface area contributed by atoms with E-state index in [2.05, 4.69) is 26.0 Å². The molecule has 0 amide bonds. The topological polar surface area (TPSA) is 62.6 Å². The van der Waals surface area contributed by atoms with Gasteiger partial charge in [-0.3, -0.25) is 0 Å². The fourth-order valence-corrected chi connectivity index (χ4v) is 4.78. The van der Waals surface area contributed by atoms with Gasteiger partial charge in [0.2, 0.25) is 10.0 Å². The molecule has 0 aliphatic carbocycles. The Hall–Kier alpha value is -1.96. The van der Waals surface area contributed by atoms with Crippen LogP contribution in [0.3, 0.4) is 0 Å². The summed E-state index contributed by atoms with van der Waals surface area (Å²) in [7, 11) is -3.58. The quantitative estimate of drug-likeness (QED) is 0.494. The molecule has 0 saturated carbocycles. The highest BCUT2D eigenvalue weighted by Crippen LogP contribution is 2.38. The molecule has 0 bridgehead atoms. The van der Waals surface area contributed by atoms with Crippen molar-refractivity contribution in [1.82, 2.24) is 9.40 Å². The van der Waals surface area contributed by atoms with Gasteiger partial charge in [0, 0.05) is 21.8 Å². The molecule has 0 N–H and O–H groups in total. The van der Waals surface area contributed by atoms with Crippen molar-refractivity contribution in [2.75, 3.05) is 6.26 Å². The molecule has 1 unspecified atom stereocenters. The monoisotopic (exact) mass is 477 g/mol. The summed E-state index contributed by atoms with van der Waals surface area (Å²) < 4.78 is 26.9. The van der Waals surface area contributed by atoms with Crippen LogP contribution in [0.15, 0.2) is 58.1 Å². The number of hydrazone groups is 1. The van der Waals surface area contributed by atoms with E-state index in [0.29, 0.717) is 22.8 Å². The summed E-state index contributed by atoms with van der Waals surface area (Å²) in [4.78, 5) is 4.49. The Balaban J connectivity index is 1.80. The number of aromatic nitrogens is 1. The summed E-state index contributed by atoms with van der Waals surface area (Å²) >= 11 is 9.89. The van der Waals surface area contributed by atoms with Gasteiger partial charge in [0.1, 0.15) is 5.15 Å². The van der Waals surface area contributed by atoms with Crippen molar-refractivity contribution in [1.29, 1.82) is 0 Å². The Kier molecular flexibility index (Phi) is 4.93. The van der Waals surface area contributed by atoms with Gasteiger partial charge in [0.25, 0.3) is 0 Å². The number of benzene rings is 2. The van der Waals surface area contributed by atoms with E-state index >= 15 is 0 Å². The van der Waals surface area contributed by atoms with Crippen LogP contribution in [0.2, 0.25) is 5.15 Å². The van der Waals surface area contributed by atoms with E-state index in [1.165, 1.54) is 0 Å². The van der Waals surface area contributed by atoms with Crippen LogP contribution in [0.5, 0.6) is 0 Å². The highest BCUT2D eigenvalue weighted by molar-refractivity contribution is 9.10. The fourth-order valence-electron chi connectivity index (χ4n) is 3.35. The van der Waals surface area contributed by atoms with Crippen molar-refractivity contribution in [2.45, 2.75) is 19.4 Å². The molecule has 1 aliphatic heterocycles. The molecule has 0 saturated heterocycles. The number of halogens is 2. The lowest BCUT2D eigenvalue weighted by Crippen LogP contribution is -2.26.